The van der Waals surface area contributed by atoms with Crippen LogP contribution in [0.2, 0.25) is 13.1 Å². The van der Waals surface area contributed by atoms with Gasteiger partial charge in [-0.1, -0.05) is 54.7 Å². The van der Waals surface area contributed by atoms with Crippen molar-refractivity contribution >= 4 is 13.8 Å². The monoisotopic (exact) mass is 362 g/mol. The number of nitrogens with zero attached hydrogens (tertiary/aromatic N) is 1. The van der Waals surface area contributed by atoms with Gasteiger partial charge in [0.25, 0.3) is 0 Å². The van der Waals surface area contributed by atoms with Crippen LogP contribution in [0.1, 0.15) is 32.8 Å². The first-order chi connectivity index (χ1) is 10.1. The molecule has 0 radical (unpaired) electrons. The Hall–Kier alpha value is -0.609. The Labute approximate surface area is 158 Å². The molecule has 122 valence electrons. The minimum absolute atomic E-state index is 0. The van der Waals surface area contributed by atoms with Crippen molar-refractivity contribution in [2.24, 2.45) is 0 Å². The molecule has 0 fully saturated rings. The summed E-state index contributed by atoms with van der Waals surface area (Å²) in [6.45, 7) is 11.6. The minimum Gasteiger partial charge on any atom is -0.380 e. The summed E-state index contributed by atoms with van der Waals surface area (Å²) in [4.78, 5) is 6.17. The zero-order valence-electron chi connectivity index (χ0n) is 15.6. The maximum Gasteiger partial charge on any atom is 2.00 e. The summed E-state index contributed by atoms with van der Waals surface area (Å²) in [7, 11) is 2.68. The van der Waals surface area contributed by atoms with Crippen LogP contribution in [-0.2, 0) is 21.7 Å². The van der Waals surface area contributed by atoms with Gasteiger partial charge < -0.3 is 9.88 Å². The second-order valence-corrected chi connectivity index (χ2v) is 12.1. The van der Waals surface area contributed by atoms with E-state index in [1.54, 1.807) is 5.20 Å². The molecule has 0 amide bonds. The van der Waals surface area contributed by atoms with Crippen LogP contribution in [0, 0.1) is 0 Å². The van der Waals surface area contributed by atoms with Gasteiger partial charge in [0.05, 0.1) is 0 Å². The van der Waals surface area contributed by atoms with E-state index in [0.717, 1.165) is 6.42 Å². The van der Waals surface area contributed by atoms with E-state index in [0.29, 0.717) is 0 Å². The number of allylic oxidation sites excluding steroid dienone is 3. The molecular formula is C19H30N2SiTi+2. The van der Waals surface area contributed by atoms with Crippen LogP contribution in [0.5, 0.6) is 0 Å². The number of hydrogen-bond acceptors (Lipinski definition) is 2. The molecular weight excluding hydrogens is 332 g/mol. The van der Waals surface area contributed by atoms with Crippen molar-refractivity contribution in [1.82, 2.24) is 9.88 Å². The van der Waals surface area contributed by atoms with E-state index in [1.807, 2.05) is 0 Å². The normalized spacial score (nSPS) is 15.3. The average molecular weight is 362 g/mol. The first-order valence-electron chi connectivity index (χ1n) is 8.06. The van der Waals surface area contributed by atoms with Crippen molar-refractivity contribution in [2.75, 3.05) is 14.1 Å². The molecule has 23 heavy (non-hydrogen) atoms. The van der Waals surface area contributed by atoms with E-state index >= 15 is 0 Å². The molecule has 1 aromatic rings. The number of benzene rings is 1. The van der Waals surface area contributed by atoms with Gasteiger partial charge in [0.2, 0.25) is 0 Å². The van der Waals surface area contributed by atoms with Gasteiger partial charge in [-0.2, -0.15) is 0 Å². The molecule has 4 heteroatoms. The van der Waals surface area contributed by atoms with Crippen molar-refractivity contribution < 1.29 is 21.7 Å². The molecule has 0 aliphatic heterocycles. The van der Waals surface area contributed by atoms with Crippen molar-refractivity contribution in [3.8, 4) is 0 Å². The second kappa shape index (κ2) is 7.52. The fourth-order valence-corrected chi connectivity index (χ4v) is 6.42. The third kappa shape index (κ3) is 5.18. The predicted molar refractivity (Wildman–Crippen MR) is 100 cm³/mol. The molecule has 0 saturated heterocycles. The summed E-state index contributed by atoms with van der Waals surface area (Å²) >= 11 is 0. The zero-order chi connectivity index (χ0) is 16.5. The molecule has 0 aromatic heterocycles. The van der Waals surface area contributed by atoms with Gasteiger partial charge in [-0.05, 0) is 26.3 Å². The molecule has 1 N–H and O–H groups in total. The molecule has 0 saturated carbocycles. The fraction of sp³-hybridized carbons (Fsp3) is 0.474. The molecule has 0 atom stereocenters. The van der Waals surface area contributed by atoms with Crippen LogP contribution in [0.3, 0.4) is 0 Å². The molecule has 0 bridgehead atoms. The molecule has 0 unspecified atom stereocenters. The van der Waals surface area contributed by atoms with E-state index in [1.165, 1.54) is 16.8 Å². The standard InChI is InChI=1S/C19H30N2Si.Ti/c1-19(2,3)20-22(6,7)16-13-17(18(14-16)21(4)5)15-11-9-8-10-12-15;/h8-13,20H,14H2,1-7H3;/q;+2. The van der Waals surface area contributed by atoms with Crippen molar-refractivity contribution in [1.29, 1.82) is 0 Å². The van der Waals surface area contributed by atoms with Gasteiger partial charge in [0.1, 0.15) is 8.24 Å². The summed E-state index contributed by atoms with van der Waals surface area (Å²) in [6, 6.07) is 10.8. The summed E-state index contributed by atoms with van der Waals surface area (Å²) in [5.74, 6) is 0. The van der Waals surface area contributed by atoms with E-state index in [-0.39, 0.29) is 27.3 Å². The molecule has 0 spiro atoms. The Morgan fingerprint density at radius 1 is 1.04 bits per heavy atom. The Morgan fingerprint density at radius 2 is 1.61 bits per heavy atom. The van der Waals surface area contributed by atoms with Crippen molar-refractivity contribution in [3.05, 3.63) is 52.9 Å². The second-order valence-electron chi connectivity index (χ2n) is 7.97. The number of rotatable bonds is 4. The van der Waals surface area contributed by atoms with Gasteiger partial charge >= 0.3 is 21.7 Å². The summed E-state index contributed by atoms with van der Waals surface area (Å²) in [5, 5.41) is 1.59. The maximum absolute atomic E-state index is 3.89. The van der Waals surface area contributed by atoms with Gasteiger partial charge in [0.15, 0.2) is 0 Å². The first kappa shape index (κ1) is 20.4. The Kier molecular flexibility index (Phi) is 6.68. The number of hydrogen-bond donors (Lipinski definition) is 1. The van der Waals surface area contributed by atoms with E-state index in [9.17, 15) is 0 Å². The summed E-state index contributed by atoms with van der Waals surface area (Å²) < 4.78 is 0. The van der Waals surface area contributed by atoms with Crippen LogP contribution in [-0.4, -0.2) is 32.8 Å². The smallest absolute Gasteiger partial charge is 0.380 e. The maximum atomic E-state index is 3.89. The molecule has 1 aliphatic carbocycles. The molecule has 0 heterocycles. The van der Waals surface area contributed by atoms with Crippen LogP contribution in [0.4, 0.5) is 0 Å². The summed E-state index contributed by atoms with van der Waals surface area (Å²) in [6.07, 6.45) is 3.51. The van der Waals surface area contributed by atoms with Gasteiger partial charge in [-0.15, -0.1) is 0 Å². The number of nitrogens with one attached hydrogen (secondary N) is 1. The van der Waals surface area contributed by atoms with Gasteiger partial charge in [-0.25, -0.2) is 0 Å². The van der Waals surface area contributed by atoms with E-state index < -0.39 is 8.24 Å². The predicted octanol–water partition coefficient (Wildman–Crippen LogP) is 4.42. The van der Waals surface area contributed by atoms with Gasteiger partial charge in [0, 0.05) is 37.3 Å². The van der Waals surface area contributed by atoms with Crippen LogP contribution < -0.4 is 4.98 Å². The largest absolute Gasteiger partial charge is 2.00 e. The molecule has 2 rings (SSSR count). The third-order valence-electron chi connectivity index (χ3n) is 4.10. The third-order valence-corrected chi connectivity index (χ3v) is 7.40. The van der Waals surface area contributed by atoms with Gasteiger partial charge in [-0.3, -0.25) is 0 Å². The summed E-state index contributed by atoms with van der Waals surface area (Å²) in [5.41, 5.74) is 4.29. The topological polar surface area (TPSA) is 15.3 Å². The average Bonchev–Trinajstić information content (AvgIpc) is 2.83. The Bertz CT molecular complexity index is 596. The molecule has 1 aliphatic rings. The zero-order valence-corrected chi connectivity index (χ0v) is 18.2. The minimum atomic E-state index is -1.63. The molecule has 1 aromatic carbocycles. The molecule has 2 nitrogen and oxygen atoms in total. The van der Waals surface area contributed by atoms with Crippen molar-refractivity contribution in [3.63, 3.8) is 0 Å². The Balaban J connectivity index is 0.00000264. The van der Waals surface area contributed by atoms with Crippen molar-refractivity contribution in [2.45, 2.75) is 45.8 Å². The van der Waals surface area contributed by atoms with Crippen LogP contribution >= 0.6 is 0 Å². The SMILES string of the molecule is CN(C)C1=C(c2ccccc2)C=C([Si](C)(C)NC(C)(C)C)C1.[Ti+2]. The first-order valence-corrected chi connectivity index (χ1v) is 11.1. The van der Waals surface area contributed by atoms with E-state index in [4.69, 9.17) is 0 Å². The van der Waals surface area contributed by atoms with E-state index in [2.05, 4.69) is 94.3 Å². The quantitative estimate of drug-likeness (QED) is 0.798. The van der Waals surface area contributed by atoms with Crippen LogP contribution in [0.25, 0.3) is 5.57 Å². The fourth-order valence-electron chi connectivity index (χ4n) is 3.27. The van der Waals surface area contributed by atoms with Crippen LogP contribution in [0.15, 0.2) is 47.3 Å². The Morgan fingerprint density at radius 3 is 2.09 bits per heavy atom.